The standard InChI is InChI=1S/C16H21NO3/c1-19-14-6-8-15(9-7-14)20-11-10-17-16(18)12-13-4-2-3-5-13/h2,4,6-9,13H,3,5,10-12H2,1H3,(H,17,18). The van der Waals surface area contributed by atoms with Crippen molar-refractivity contribution in [1.82, 2.24) is 5.32 Å². The van der Waals surface area contributed by atoms with Crippen LogP contribution in [0.1, 0.15) is 19.3 Å². The zero-order valence-electron chi connectivity index (χ0n) is 11.8. The number of amides is 1. The Balaban J connectivity index is 1.60. The summed E-state index contributed by atoms with van der Waals surface area (Å²) in [5, 5.41) is 2.88. The Morgan fingerprint density at radius 2 is 2.05 bits per heavy atom. The molecule has 1 aliphatic rings. The van der Waals surface area contributed by atoms with E-state index in [-0.39, 0.29) is 5.91 Å². The number of nitrogens with one attached hydrogen (secondary N) is 1. The topological polar surface area (TPSA) is 47.6 Å². The molecule has 0 fully saturated rings. The molecule has 0 bridgehead atoms. The quantitative estimate of drug-likeness (QED) is 0.614. The Labute approximate surface area is 119 Å². The van der Waals surface area contributed by atoms with Gasteiger partial charge in [0.2, 0.25) is 5.91 Å². The molecule has 1 aliphatic carbocycles. The summed E-state index contributed by atoms with van der Waals surface area (Å²) in [5.74, 6) is 2.09. The van der Waals surface area contributed by atoms with Crippen molar-refractivity contribution in [2.45, 2.75) is 19.3 Å². The number of methoxy groups -OCH3 is 1. The van der Waals surface area contributed by atoms with Gasteiger partial charge in [-0.3, -0.25) is 4.79 Å². The molecule has 1 aromatic rings. The van der Waals surface area contributed by atoms with Gasteiger partial charge in [0.25, 0.3) is 0 Å². The smallest absolute Gasteiger partial charge is 0.220 e. The molecular weight excluding hydrogens is 254 g/mol. The van der Waals surface area contributed by atoms with Gasteiger partial charge in [-0.25, -0.2) is 0 Å². The zero-order chi connectivity index (χ0) is 14.2. The molecule has 0 saturated carbocycles. The van der Waals surface area contributed by atoms with E-state index in [9.17, 15) is 4.79 Å². The third-order valence-corrected chi connectivity index (χ3v) is 3.31. The minimum absolute atomic E-state index is 0.0971. The predicted octanol–water partition coefficient (Wildman–Crippen LogP) is 2.55. The first-order valence-corrected chi connectivity index (χ1v) is 6.98. The summed E-state index contributed by atoms with van der Waals surface area (Å²) in [5.41, 5.74) is 0. The summed E-state index contributed by atoms with van der Waals surface area (Å²) in [6, 6.07) is 7.40. The van der Waals surface area contributed by atoms with E-state index >= 15 is 0 Å². The van der Waals surface area contributed by atoms with Crippen LogP contribution in [0.5, 0.6) is 11.5 Å². The van der Waals surface area contributed by atoms with Crippen LogP contribution >= 0.6 is 0 Å². The Morgan fingerprint density at radius 3 is 2.70 bits per heavy atom. The second kappa shape index (κ2) is 7.58. The first-order valence-electron chi connectivity index (χ1n) is 6.98. The van der Waals surface area contributed by atoms with Gasteiger partial charge in [-0.2, -0.15) is 0 Å². The van der Waals surface area contributed by atoms with E-state index in [0.29, 0.717) is 25.5 Å². The Bertz CT molecular complexity index is 453. The molecule has 0 heterocycles. The molecule has 0 saturated heterocycles. The average molecular weight is 275 g/mol. The SMILES string of the molecule is COc1ccc(OCCNC(=O)CC2C=CCC2)cc1. The summed E-state index contributed by atoms with van der Waals surface area (Å²) in [6.45, 7) is 1.000. The zero-order valence-corrected chi connectivity index (χ0v) is 11.8. The molecule has 1 unspecified atom stereocenters. The fourth-order valence-corrected chi connectivity index (χ4v) is 2.21. The summed E-state index contributed by atoms with van der Waals surface area (Å²) in [7, 11) is 1.63. The molecule has 4 heteroatoms. The van der Waals surface area contributed by atoms with Gasteiger partial charge in [-0.15, -0.1) is 0 Å². The molecule has 0 radical (unpaired) electrons. The lowest BCUT2D eigenvalue weighted by Gasteiger charge is -2.10. The minimum atomic E-state index is 0.0971. The van der Waals surface area contributed by atoms with Gasteiger partial charge in [-0.1, -0.05) is 12.2 Å². The fraction of sp³-hybridized carbons (Fsp3) is 0.438. The molecule has 1 aromatic carbocycles. The molecular formula is C16H21NO3. The summed E-state index contributed by atoms with van der Waals surface area (Å²) >= 11 is 0. The van der Waals surface area contributed by atoms with Crippen molar-refractivity contribution in [3.63, 3.8) is 0 Å². The molecule has 1 amide bonds. The first kappa shape index (κ1) is 14.4. The van der Waals surface area contributed by atoms with Gasteiger partial charge in [-0.05, 0) is 43.0 Å². The highest BCUT2D eigenvalue weighted by Gasteiger charge is 2.13. The van der Waals surface area contributed by atoms with Crippen molar-refractivity contribution in [3.05, 3.63) is 36.4 Å². The summed E-state index contributed by atoms with van der Waals surface area (Å²) in [6.07, 6.45) is 7.05. The van der Waals surface area contributed by atoms with E-state index in [1.54, 1.807) is 7.11 Å². The van der Waals surface area contributed by atoms with Gasteiger partial charge in [0, 0.05) is 6.42 Å². The molecule has 4 nitrogen and oxygen atoms in total. The van der Waals surface area contributed by atoms with Crippen molar-refractivity contribution in [2.24, 2.45) is 5.92 Å². The number of allylic oxidation sites excluding steroid dienone is 2. The number of benzene rings is 1. The summed E-state index contributed by atoms with van der Waals surface area (Å²) < 4.78 is 10.6. The Morgan fingerprint density at radius 1 is 1.30 bits per heavy atom. The van der Waals surface area contributed by atoms with Crippen LogP contribution < -0.4 is 14.8 Å². The van der Waals surface area contributed by atoms with Crippen LogP contribution in [-0.2, 0) is 4.79 Å². The highest BCUT2D eigenvalue weighted by Crippen LogP contribution is 2.20. The van der Waals surface area contributed by atoms with Crippen molar-refractivity contribution in [1.29, 1.82) is 0 Å². The van der Waals surface area contributed by atoms with Crippen molar-refractivity contribution in [3.8, 4) is 11.5 Å². The van der Waals surface area contributed by atoms with E-state index in [0.717, 1.165) is 24.3 Å². The number of ether oxygens (including phenoxy) is 2. The second-order valence-electron chi connectivity index (χ2n) is 4.84. The third kappa shape index (κ3) is 4.61. The van der Waals surface area contributed by atoms with Crippen LogP contribution in [-0.4, -0.2) is 26.2 Å². The van der Waals surface area contributed by atoms with Gasteiger partial charge < -0.3 is 14.8 Å². The highest BCUT2D eigenvalue weighted by molar-refractivity contribution is 5.76. The second-order valence-corrected chi connectivity index (χ2v) is 4.84. The maximum atomic E-state index is 11.7. The van der Waals surface area contributed by atoms with E-state index in [1.165, 1.54) is 0 Å². The van der Waals surface area contributed by atoms with Crippen molar-refractivity contribution >= 4 is 5.91 Å². The van der Waals surface area contributed by atoms with E-state index in [1.807, 2.05) is 24.3 Å². The highest BCUT2D eigenvalue weighted by atomic mass is 16.5. The first-order chi connectivity index (χ1) is 9.78. The molecule has 1 atom stereocenters. The molecule has 20 heavy (non-hydrogen) atoms. The average Bonchev–Trinajstić information content (AvgIpc) is 2.97. The third-order valence-electron chi connectivity index (χ3n) is 3.31. The van der Waals surface area contributed by atoms with Gasteiger partial charge in [0.1, 0.15) is 18.1 Å². The molecule has 108 valence electrons. The van der Waals surface area contributed by atoms with Crippen LogP contribution in [0.15, 0.2) is 36.4 Å². The lowest BCUT2D eigenvalue weighted by Crippen LogP contribution is -2.29. The van der Waals surface area contributed by atoms with E-state index < -0.39 is 0 Å². The van der Waals surface area contributed by atoms with Crippen LogP contribution in [0.25, 0.3) is 0 Å². The molecule has 0 aliphatic heterocycles. The largest absolute Gasteiger partial charge is 0.497 e. The van der Waals surface area contributed by atoms with Crippen LogP contribution in [0, 0.1) is 5.92 Å². The van der Waals surface area contributed by atoms with Crippen molar-refractivity contribution < 1.29 is 14.3 Å². The normalized spacial score (nSPS) is 16.9. The van der Waals surface area contributed by atoms with Crippen LogP contribution in [0.3, 0.4) is 0 Å². The Hall–Kier alpha value is -1.97. The lowest BCUT2D eigenvalue weighted by atomic mass is 10.1. The number of carbonyl (C=O) groups is 1. The van der Waals surface area contributed by atoms with Crippen molar-refractivity contribution in [2.75, 3.05) is 20.3 Å². The maximum Gasteiger partial charge on any atom is 0.220 e. The van der Waals surface area contributed by atoms with E-state index in [4.69, 9.17) is 9.47 Å². The fourth-order valence-electron chi connectivity index (χ4n) is 2.21. The lowest BCUT2D eigenvalue weighted by molar-refractivity contribution is -0.121. The van der Waals surface area contributed by atoms with E-state index in [2.05, 4.69) is 17.5 Å². The minimum Gasteiger partial charge on any atom is -0.497 e. The maximum absolute atomic E-state index is 11.7. The number of hydrogen-bond acceptors (Lipinski definition) is 3. The number of carbonyl (C=O) groups excluding carboxylic acids is 1. The summed E-state index contributed by atoms with van der Waals surface area (Å²) in [4.78, 5) is 11.7. The molecule has 1 N–H and O–H groups in total. The molecule has 0 spiro atoms. The van der Waals surface area contributed by atoms with Gasteiger partial charge in [0.15, 0.2) is 0 Å². The van der Waals surface area contributed by atoms with Crippen LogP contribution in [0.4, 0.5) is 0 Å². The molecule has 0 aromatic heterocycles. The number of rotatable bonds is 7. The monoisotopic (exact) mass is 275 g/mol. The predicted molar refractivity (Wildman–Crippen MR) is 78.0 cm³/mol. The van der Waals surface area contributed by atoms with Gasteiger partial charge in [0.05, 0.1) is 13.7 Å². The van der Waals surface area contributed by atoms with Crippen LogP contribution in [0.2, 0.25) is 0 Å². The van der Waals surface area contributed by atoms with Gasteiger partial charge >= 0.3 is 0 Å². The molecule has 2 rings (SSSR count). The number of hydrogen-bond donors (Lipinski definition) is 1. The Kier molecular flexibility index (Phi) is 5.47.